The number of nitrogens with two attached hydrogens (primary N) is 1. The fraction of sp³-hybridized carbons (Fsp3) is 0.500. The van der Waals surface area contributed by atoms with Crippen LogP contribution < -0.4 is 10.6 Å². The van der Waals surface area contributed by atoms with Gasteiger partial charge in [-0.2, -0.15) is 0 Å². The molecule has 5 heteroatoms. The van der Waals surface area contributed by atoms with Gasteiger partial charge in [-0.05, 0) is 11.5 Å². The van der Waals surface area contributed by atoms with Crippen LogP contribution in [0.25, 0.3) is 0 Å². The first-order valence-corrected chi connectivity index (χ1v) is 5.45. The van der Waals surface area contributed by atoms with Crippen LogP contribution in [-0.2, 0) is 0 Å². The lowest BCUT2D eigenvalue weighted by Crippen LogP contribution is -2.29. The lowest BCUT2D eigenvalue weighted by molar-refractivity contribution is -0.384. The molecule has 5 nitrogen and oxygen atoms in total. The number of nitrogens with zero attached hydrogens (tertiary/aromatic N) is 2. The minimum Gasteiger partial charge on any atom is -0.398 e. The molecule has 0 aromatic heterocycles. The molecule has 0 atom stereocenters. The SMILES string of the molecule is CN(CC(C)(C)C)c1cc(N)cc([N+](=O)[O-])c1. The molecule has 0 saturated heterocycles. The summed E-state index contributed by atoms with van der Waals surface area (Å²) in [5.41, 5.74) is 7.00. The first-order chi connectivity index (χ1) is 7.69. The fourth-order valence-corrected chi connectivity index (χ4v) is 1.75. The number of nitro groups is 1. The Balaban J connectivity index is 3.01. The highest BCUT2D eigenvalue weighted by Gasteiger charge is 2.16. The van der Waals surface area contributed by atoms with Crippen molar-refractivity contribution in [1.82, 2.24) is 0 Å². The van der Waals surface area contributed by atoms with E-state index in [0.29, 0.717) is 5.69 Å². The Bertz CT molecular complexity index is 424. The monoisotopic (exact) mass is 237 g/mol. The van der Waals surface area contributed by atoms with Crippen molar-refractivity contribution < 1.29 is 4.92 Å². The molecule has 0 amide bonds. The Morgan fingerprint density at radius 2 is 1.94 bits per heavy atom. The maximum Gasteiger partial charge on any atom is 0.273 e. The summed E-state index contributed by atoms with van der Waals surface area (Å²) in [4.78, 5) is 12.3. The zero-order valence-electron chi connectivity index (χ0n) is 10.7. The van der Waals surface area contributed by atoms with Crippen LogP contribution >= 0.6 is 0 Å². The van der Waals surface area contributed by atoms with E-state index < -0.39 is 4.92 Å². The summed E-state index contributed by atoms with van der Waals surface area (Å²) in [7, 11) is 1.91. The van der Waals surface area contributed by atoms with Crippen molar-refractivity contribution in [3.8, 4) is 0 Å². The van der Waals surface area contributed by atoms with Gasteiger partial charge in [-0.25, -0.2) is 0 Å². The summed E-state index contributed by atoms with van der Waals surface area (Å²) in [5, 5.41) is 10.7. The Morgan fingerprint density at radius 3 is 2.41 bits per heavy atom. The van der Waals surface area contributed by atoms with Crippen LogP contribution in [0, 0.1) is 15.5 Å². The van der Waals surface area contributed by atoms with Crippen LogP contribution in [-0.4, -0.2) is 18.5 Å². The molecular weight excluding hydrogens is 218 g/mol. The number of hydrogen-bond donors (Lipinski definition) is 1. The second-order valence-corrected chi connectivity index (χ2v) is 5.46. The molecule has 0 heterocycles. The van der Waals surface area contributed by atoms with Crippen molar-refractivity contribution in [1.29, 1.82) is 0 Å². The van der Waals surface area contributed by atoms with Gasteiger partial charge < -0.3 is 10.6 Å². The van der Waals surface area contributed by atoms with E-state index in [4.69, 9.17) is 5.73 Å². The second kappa shape index (κ2) is 4.61. The third kappa shape index (κ3) is 3.94. The Hall–Kier alpha value is -1.78. The van der Waals surface area contributed by atoms with Gasteiger partial charge in [-0.3, -0.25) is 10.1 Å². The first-order valence-electron chi connectivity index (χ1n) is 5.45. The molecule has 94 valence electrons. The number of hydrogen-bond acceptors (Lipinski definition) is 4. The third-order valence-corrected chi connectivity index (χ3v) is 2.29. The molecule has 0 saturated carbocycles. The molecule has 1 rings (SSSR count). The normalized spacial score (nSPS) is 11.3. The fourth-order valence-electron chi connectivity index (χ4n) is 1.75. The van der Waals surface area contributed by atoms with E-state index in [1.165, 1.54) is 6.07 Å². The van der Waals surface area contributed by atoms with Crippen LogP contribution in [0.4, 0.5) is 17.1 Å². The van der Waals surface area contributed by atoms with Gasteiger partial charge in [0.05, 0.1) is 4.92 Å². The summed E-state index contributed by atoms with van der Waals surface area (Å²) in [6.45, 7) is 7.15. The Morgan fingerprint density at radius 1 is 1.35 bits per heavy atom. The average molecular weight is 237 g/mol. The van der Waals surface area contributed by atoms with Crippen LogP contribution in [0.15, 0.2) is 18.2 Å². The van der Waals surface area contributed by atoms with Gasteiger partial charge in [-0.15, -0.1) is 0 Å². The van der Waals surface area contributed by atoms with Crippen molar-refractivity contribution in [3.05, 3.63) is 28.3 Å². The van der Waals surface area contributed by atoms with E-state index >= 15 is 0 Å². The lowest BCUT2D eigenvalue weighted by Gasteiger charge is -2.28. The molecular formula is C12H19N3O2. The van der Waals surface area contributed by atoms with Gasteiger partial charge in [0.2, 0.25) is 0 Å². The molecule has 0 aliphatic carbocycles. The topological polar surface area (TPSA) is 72.4 Å². The van der Waals surface area contributed by atoms with Crippen LogP contribution in [0.3, 0.4) is 0 Å². The van der Waals surface area contributed by atoms with Crippen molar-refractivity contribution in [2.75, 3.05) is 24.2 Å². The molecule has 0 spiro atoms. The summed E-state index contributed by atoms with van der Waals surface area (Å²) in [5.74, 6) is 0. The van der Waals surface area contributed by atoms with Crippen molar-refractivity contribution in [2.24, 2.45) is 5.41 Å². The highest BCUT2D eigenvalue weighted by atomic mass is 16.6. The predicted molar refractivity (Wildman–Crippen MR) is 70.2 cm³/mol. The van der Waals surface area contributed by atoms with Crippen molar-refractivity contribution in [3.63, 3.8) is 0 Å². The smallest absolute Gasteiger partial charge is 0.273 e. The largest absolute Gasteiger partial charge is 0.398 e. The molecule has 0 fully saturated rings. The number of non-ortho nitro benzene ring substituents is 1. The highest BCUT2D eigenvalue weighted by Crippen LogP contribution is 2.26. The van der Waals surface area contributed by atoms with Crippen molar-refractivity contribution in [2.45, 2.75) is 20.8 Å². The van der Waals surface area contributed by atoms with E-state index in [9.17, 15) is 10.1 Å². The quantitative estimate of drug-likeness (QED) is 0.498. The molecule has 2 N–H and O–H groups in total. The van der Waals surface area contributed by atoms with Gasteiger partial charge in [0.25, 0.3) is 5.69 Å². The summed E-state index contributed by atoms with van der Waals surface area (Å²) >= 11 is 0. The zero-order chi connectivity index (χ0) is 13.2. The number of nitrogen functional groups attached to an aromatic ring is 1. The van der Waals surface area contributed by atoms with E-state index in [-0.39, 0.29) is 11.1 Å². The molecule has 1 aromatic rings. The number of anilines is 2. The minimum atomic E-state index is -0.426. The lowest BCUT2D eigenvalue weighted by atomic mass is 9.96. The molecule has 1 aromatic carbocycles. The minimum absolute atomic E-state index is 0.0285. The number of benzene rings is 1. The molecule has 0 radical (unpaired) electrons. The molecule has 0 aliphatic heterocycles. The average Bonchev–Trinajstić information content (AvgIpc) is 2.13. The zero-order valence-corrected chi connectivity index (χ0v) is 10.7. The molecule has 0 bridgehead atoms. The maximum atomic E-state index is 10.7. The predicted octanol–water partition coefficient (Wildman–Crippen LogP) is 2.66. The van der Waals surface area contributed by atoms with Gasteiger partial charge in [0, 0.05) is 37.1 Å². The summed E-state index contributed by atoms with van der Waals surface area (Å²) in [6.07, 6.45) is 0. The highest BCUT2D eigenvalue weighted by molar-refractivity contribution is 5.62. The van der Waals surface area contributed by atoms with Gasteiger partial charge >= 0.3 is 0 Å². The third-order valence-electron chi connectivity index (χ3n) is 2.29. The van der Waals surface area contributed by atoms with E-state index in [0.717, 1.165) is 12.2 Å². The summed E-state index contributed by atoms with van der Waals surface area (Å²) in [6, 6.07) is 4.66. The van der Waals surface area contributed by atoms with Gasteiger partial charge in [0.15, 0.2) is 0 Å². The number of nitro benzene ring substituents is 1. The molecule has 0 unspecified atom stereocenters. The van der Waals surface area contributed by atoms with Gasteiger partial charge in [0.1, 0.15) is 0 Å². The Labute approximate surface area is 101 Å². The summed E-state index contributed by atoms with van der Waals surface area (Å²) < 4.78 is 0. The standard InChI is InChI=1S/C12H19N3O2/c1-12(2,3)8-14(4)10-5-9(13)6-11(7-10)15(16)17/h5-7H,8,13H2,1-4H3. The number of rotatable bonds is 3. The molecule has 17 heavy (non-hydrogen) atoms. The van der Waals surface area contributed by atoms with Crippen molar-refractivity contribution >= 4 is 17.1 Å². The maximum absolute atomic E-state index is 10.7. The second-order valence-electron chi connectivity index (χ2n) is 5.46. The van der Waals surface area contributed by atoms with Gasteiger partial charge in [-0.1, -0.05) is 20.8 Å². The van der Waals surface area contributed by atoms with E-state index in [1.807, 2.05) is 11.9 Å². The van der Waals surface area contributed by atoms with Crippen LogP contribution in [0.2, 0.25) is 0 Å². The van der Waals surface area contributed by atoms with Crippen LogP contribution in [0.5, 0.6) is 0 Å². The molecule has 0 aliphatic rings. The van der Waals surface area contributed by atoms with Crippen LogP contribution in [0.1, 0.15) is 20.8 Å². The van der Waals surface area contributed by atoms with E-state index in [1.54, 1.807) is 12.1 Å². The Kier molecular flexibility index (Phi) is 3.60. The first kappa shape index (κ1) is 13.3. The van der Waals surface area contributed by atoms with E-state index in [2.05, 4.69) is 20.8 Å².